The zero-order valence-corrected chi connectivity index (χ0v) is 30.9. The fourth-order valence-corrected chi connectivity index (χ4v) is 5.79. The highest BCUT2D eigenvalue weighted by Gasteiger charge is 2.32. The molecule has 4 rings (SSSR count). The average Bonchev–Trinajstić information content (AvgIpc) is 3.19. The topological polar surface area (TPSA) is 203 Å². The number of nitrogens with zero attached hydrogens (tertiary/aromatic N) is 1. The SMILES string of the molecule is CN[C@H](COCc1ccccc1)C(=O)NCC(=O)NCC(=O)N(C)C1C(=O)NCC(=O)N[C@H](C(=O)OC)Cc2ccc(OC)c(c2)-c2cc1ccc2OC. The molecule has 3 atom stereocenters. The van der Waals surface area contributed by atoms with Crippen LogP contribution in [0.5, 0.6) is 11.5 Å². The predicted molar refractivity (Wildman–Crippen MR) is 196 cm³/mol. The van der Waals surface area contributed by atoms with Gasteiger partial charge in [0.2, 0.25) is 29.5 Å². The van der Waals surface area contributed by atoms with Crippen molar-refractivity contribution < 1.29 is 47.7 Å². The van der Waals surface area contributed by atoms with E-state index in [1.54, 1.807) is 43.4 Å². The minimum Gasteiger partial charge on any atom is -0.496 e. The molecule has 0 aromatic heterocycles. The van der Waals surface area contributed by atoms with E-state index in [4.69, 9.17) is 18.9 Å². The van der Waals surface area contributed by atoms with Gasteiger partial charge < -0.3 is 50.4 Å². The molecule has 0 aliphatic carbocycles. The number of carbonyl (C=O) groups excluding carboxylic acids is 6. The summed E-state index contributed by atoms with van der Waals surface area (Å²) in [6, 6.07) is 16.6. The van der Waals surface area contributed by atoms with Gasteiger partial charge in [-0.2, -0.15) is 0 Å². The molecule has 1 aliphatic heterocycles. The molecule has 1 heterocycles. The first-order valence-electron chi connectivity index (χ1n) is 17.1. The molecule has 1 aliphatic rings. The van der Waals surface area contributed by atoms with Crippen LogP contribution in [0.25, 0.3) is 11.1 Å². The van der Waals surface area contributed by atoms with Crippen LogP contribution in [0.2, 0.25) is 0 Å². The van der Waals surface area contributed by atoms with Gasteiger partial charge in [-0.05, 0) is 48.0 Å². The molecule has 16 heteroatoms. The van der Waals surface area contributed by atoms with Crippen LogP contribution in [0, 0.1) is 0 Å². The number of nitrogens with one attached hydrogen (secondary N) is 5. The van der Waals surface area contributed by atoms with Crippen molar-refractivity contribution in [2.75, 3.05) is 61.7 Å². The highest BCUT2D eigenvalue weighted by atomic mass is 16.5. The first-order chi connectivity index (χ1) is 26.0. The van der Waals surface area contributed by atoms with E-state index in [0.29, 0.717) is 40.4 Å². The summed E-state index contributed by atoms with van der Waals surface area (Å²) < 4.78 is 21.9. The second-order valence-corrected chi connectivity index (χ2v) is 12.3. The molecule has 5 N–H and O–H groups in total. The zero-order chi connectivity index (χ0) is 39.2. The lowest BCUT2D eigenvalue weighted by molar-refractivity contribution is -0.145. The fourth-order valence-electron chi connectivity index (χ4n) is 5.79. The van der Waals surface area contributed by atoms with Crippen LogP contribution in [0.15, 0.2) is 66.7 Å². The number of hydrogen-bond acceptors (Lipinski definition) is 11. The Morgan fingerprint density at radius 2 is 1.57 bits per heavy atom. The summed E-state index contributed by atoms with van der Waals surface area (Å²) in [5, 5.41) is 13.0. The zero-order valence-electron chi connectivity index (χ0n) is 30.9. The van der Waals surface area contributed by atoms with E-state index in [1.807, 2.05) is 30.3 Å². The quantitative estimate of drug-likeness (QED) is 0.142. The molecule has 54 heavy (non-hydrogen) atoms. The molecule has 0 saturated heterocycles. The molecule has 3 aromatic rings. The van der Waals surface area contributed by atoms with E-state index < -0.39 is 73.3 Å². The van der Waals surface area contributed by atoms with Crippen molar-refractivity contribution in [3.8, 4) is 22.6 Å². The third-order valence-electron chi connectivity index (χ3n) is 8.73. The fraction of sp³-hybridized carbons (Fsp3) is 0.368. The van der Waals surface area contributed by atoms with Crippen LogP contribution >= 0.6 is 0 Å². The van der Waals surface area contributed by atoms with Crippen molar-refractivity contribution in [2.24, 2.45) is 0 Å². The Hall–Kier alpha value is -6.00. The largest absolute Gasteiger partial charge is 0.496 e. The van der Waals surface area contributed by atoms with Crippen molar-refractivity contribution in [3.63, 3.8) is 0 Å². The Morgan fingerprint density at radius 3 is 2.24 bits per heavy atom. The van der Waals surface area contributed by atoms with Crippen molar-refractivity contribution in [1.82, 2.24) is 31.5 Å². The molecule has 4 bridgehead atoms. The molecule has 0 fully saturated rings. The Bertz CT molecular complexity index is 1820. The number of likely N-dealkylation sites (N-methyl/N-ethyl adjacent to an activating group) is 2. The molecule has 1 unspecified atom stereocenters. The lowest BCUT2D eigenvalue weighted by Crippen LogP contribution is -2.50. The van der Waals surface area contributed by atoms with E-state index in [-0.39, 0.29) is 13.0 Å². The molecule has 0 spiro atoms. The number of benzene rings is 3. The third kappa shape index (κ3) is 10.8. The number of hydrogen-bond donors (Lipinski definition) is 5. The first kappa shape index (κ1) is 40.8. The van der Waals surface area contributed by atoms with Crippen molar-refractivity contribution in [2.45, 2.75) is 31.2 Å². The lowest BCUT2D eigenvalue weighted by Gasteiger charge is -2.29. The van der Waals surface area contributed by atoms with Crippen LogP contribution in [0.4, 0.5) is 0 Å². The van der Waals surface area contributed by atoms with Crippen molar-refractivity contribution >= 4 is 35.5 Å². The maximum Gasteiger partial charge on any atom is 0.328 e. The van der Waals surface area contributed by atoms with Crippen molar-refractivity contribution in [1.29, 1.82) is 0 Å². The molecule has 5 amide bonds. The Kier molecular flexibility index (Phi) is 14.9. The molecule has 288 valence electrons. The number of methoxy groups -OCH3 is 3. The van der Waals surface area contributed by atoms with Gasteiger partial charge in [-0.25, -0.2) is 4.79 Å². The standard InChI is InChI=1S/C38H46N6O10/c1-39-29(22-54-21-23-9-7-6-8-10-23)36(48)41-18-32(45)40-20-34(47)44(2)35-25-12-14-31(52-4)27(17-25)26-15-24(11-13-30(26)51-3)16-28(38(50)53-5)43-33(46)19-42-37(35)49/h6-15,17,28-29,35,39H,16,18-22H2,1-5H3,(H,40,45)(H,41,48)(H,42,49)(H,43,46)/t28-,29+,35?/m0/s1. The molecule has 0 saturated carbocycles. The number of carbonyl (C=O) groups is 6. The smallest absolute Gasteiger partial charge is 0.328 e. The summed E-state index contributed by atoms with van der Waals surface area (Å²) in [5.41, 5.74) is 3.07. The molecular formula is C38H46N6O10. The van der Waals surface area contributed by atoms with Gasteiger partial charge >= 0.3 is 5.97 Å². The van der Waals surface area contributed by atoms with E-state index in [1.165, 1.54) is 28.4 Å². The van der Waals surface area contributed by atoms with E-state index >= 15 is 0 Å². The molecule has 0 radical (unpaired) electrons. The van der Waals surface area contributed by atoms with Crippen LogP contribution in [-0.4, -0.2) is 114 Å². The number of esters is 1. The predicted octanol–water partition coefficient (Wildman–Crippen LogP) is 0.238. The molecular weight excluding hydrogens is 700 g/mol. The van der Waals surface area contributed by atoms with E-state index in [0.717, 1.165) is 10.5 Å². The summed E-state index contributed by atoms with van der Waals surface area (Å²) in [5.74, 6) is -2.92. The highest BCUT2D eigenvalue weighted by Crippen LogP contribution is 2.39. The Balaban J connectivity index is 1.50. The van der Waals surface area contributed by atoms with E-state index in [2.05, 4.69) is 26.6 Å². The van der Waals surface area contributed by atoms with Crippen LogP contribution in [0.3, 0.4) is 0 Å². The van der Waals surface area contributed by atoms with Crippen LogP contribution < -0.4 is 36.1 Å². The summed E-state index contributed by atoms with van der Waals surface area (Å²) in [4.78, 5) is 79.4. The van der Waals surface area contributed by atoms with E-state index in [9.17, 15) is 28.8 Å². The minimum absolute atomic E-state index is 0.0599. The maximum absolute atomic E-state index is 13.8. The number of rotatable bonds is 14. The van der Waals surface area contributed by atoms with Gasteiger partial charge in [0, 0.05) is 24.6 Å². The molecule has 16 nitrogen and oxygen atoms in total. The lowest BCUT2D eigenvalue weighted by atomic mass is 9.94. The van der Waals surface area contributed by atoms with Gasteiger partial charge in [0.25, 0.3) is 0 Å². The second-order valence-electron chi connectivity index (χ2n) is 12.3. The minimum atomic E-state index is -1.28. The van der Waals surface area contributed by atoms with Gasteiger partial charge in [0.05, 0.1) is 54.2 Å². The first-order valence-corrected chi connectivity index (χ1v) is 17.1. The van der Waals surface area contributed by atoms with Gasteiger partial charge in [0.1, 0.15) is 29.6 Å². The summed E-state index contributed by atoms with van der Waals surface area (Å²) >= 11 is 0. The maximum atomic E-state index is 13.8. The number of fused-ring (bicyclic) bond motifs is 5. The molecule has 3 aromatic carbocycles. The van der Waals surface area contributed by atoms with Crippen molar-refractivity contribution in [3.05, 3.63) is 83.4 Å². The van der Waals surface area contributed by atoms with Gasteiger partial charge in [0.15, 0.2) is 0 Å². The van der Waals surface area contributed by atoms with Gasteiger partial charge in [-0.1, -0.05) is 42.5 Å². The highest BCUT2D eigenvalue weighted by molar-refractivity contribution is 5.94. The van der Waals surface area contributed by atoms with Gasteiger partial charge in [-0.15, -0.1) is 0 Å². The van der Waals surface area contributed by atoms with Gasteiger partial charge in [-0.3, -0.25) is 24.0 Å². The average molecular weight is 747 g/mol. The Morgan fingerprint density at radius 1 is 0.889 bits per heavy atom. The second kappa shape index (κ2) is 19.7. The monoisotopic (exact) mass is 746 g/mol. The number of ether oxygens (including phenoxy) is 4. The summed E-state index contributed by atoms with van der Waals surface area (Å²) in [6.45, 7) is -1.07. The normalized spacial score (nSPS) is 16.0. The van der Waals surface area contributed by atoms with Crippen LogP contribution in [0.1, 0.15) is 22.7 Å². The third-order valence-corrected chi connectivity index (χ3v) is 8.73. The summed E-state index contributed by atoms with van der Waals surface area (Å²) in [6.07, 6.45) is 0.0832. The Labute approximate surface area is 313 Å². The summed E-state index contributed by atoms with van der Waals surface area (Å²) in [7, 11) is 7.16. The van der Waals surface area contributed by atoms with Crippen LogP contribution in [-0.2, 0) is 51.3 Å². The number of amides is 5.